The predicted molar refractivity (Wildman–Crippen MR) is 60.4 cm³/mol. The Morgan fingerprint density at radius 3 is 2.88 bits per heavy atom. The summed E-state index contributed by atoms with van der Waals surface area (Å²) in [7, 11) is 0. The van der Waals surface area contributed by atoms with Crippen LogP contribution in [0.5, 0.6) is 0 Å². The summed E-state index contributed by atoms with van der Waals surface area (Å²) in [6.07, 6.45) is 2.77. The van der Waals surface area contributed by atoms with Gasteiger partial charge in [-0.1, -0.05) is 0 Å². The SMILES string of the molecule is Cc1nsc(NC(=O)c2cn[nH]c2)c1C(=O)O. The van der Waals surface area contributed by atoms with Gasteiger partial charge in [0.05, 0.1) is 17.5 Å². The number of aromatic nitrogens is 3. The molecule has 0 bridgehead atoms. The van der Waals surface area contributed by atoms with Gasteiger partial charge in [-0.3, -0.25) is 9.89 Å². The number of aromatic amines is 1. The van der Waals surface area contributed by atoms with E-state index in [0.29, 0.717) is 11.3 Å². The molecule has 3 N–H and O–H groups in total. The molecule has 17 heavy (non-hydrogen) atoms. The van der Waals surface area contributed by atoms with Crippen molar-refractivity contribution < 1.29 is 14.7 Å². The van der Waals surface area contributed by atoms with E-state index >= 15 is 0 Å². The van der Waals surface area contributed by atoms with Crippen molar-refractivity contribution in [2.45, 2.75) is 6.92 Å². The first-order valence-electron chi connectivity index (χ1n) is 4.59. The number of carboxylic acids is 1. The number of H-pyrrole nitrogens is 1. The molecule has 0 atom stereocenters. The van der Waals surface area contributed by atoms with Crippen LogP contribution in [0.1, 0.15) is 26.4 Å². The van der Waals surface area contributed by atoms with Crippen LogP contribution >= 0.6 is 11.5 Å². The molecule has 1 amide bonds. The van der Waals surface area contributed by atoms with Gasteiger partial charge in [0.25, 0.3) is 5.91 Å². The van der Waals surface area contributed by atoms with Crippen LogP contribution in [-0.2, 0) is 0 Å². The van der Waals surface area contributed by atoms with Gasteiger partial charge in [0.1, 0.15) is 10.6 Å². The zero-order chi connectivity index (χ0) is 12.4. The van der Waals surface area contributed by atoms with E-state index in [1.807, 2.05) is 0 Å². The summed E-state index contributed by atoms with van der Waals surface area (Å²) in [6.45, 7) is 1.58. The van der Waals surface area contributed by atoms with Crippen LogP contribution in [0, 0.1) is 6.92 Å². The number of carboxylic acid groups (broad SMARTS) is 1. The summed E-state index contributed by atoms with van der Waals surface area (Å²) in [5.41, 5.74) is 0.726. The Morgan fingerprint density at radius 1 is 1.53 bits per heavy atom. The molecule has 0 saturated carbocycles. The first kappa shape index (κ1) is 11.3. The Balaban J connectivity index is 2.25. The van der Waals surface area contributed by atoms with Crippen LogP contribution < -0.4 is 5.32 Å². The fraction of sp³-hybridized carbons (Fsp3) is 0.111. The molecule has 2 aromatic heterocycles. The number of aryl methyl sites for hydroxylation is 1. The van der Waals surface area contributed by atoms with Crippen LogP contribution in [0.15, 0.2) is 12.4 Å². The second-order valence-corrected chi connectivity index (χ2v) is 3.99. The molecule has 0 spiro atoms. The second kappa shape index (κ2) is 4.34. The van der Waals surface area contributed by atoms with Crippen molar-refractivity contribution >= 4 is 28.4 Å². The molecule has 8 heteroatoms. The number of carbonyl (C=O) groups excluding carboxylic acids is 1. The van der Waals surface area contributed by atoms with Gasteiger partial charge in [0.15, 0.2) is 0 Å². The monoisotopic (exact) mass is 252 g/mol. The molecule has 0 radical (unpaired) electrons. The van der Waals surface area contributed by atoms with E-state index in [0.717, 1.165) is 11.5 Å². The van der Waals surface area contributed by atoms with Crippen molar-refractivity contribution in [2.24, 2.45) is 0 Å². The van der Waals surface area contributed by atoms with E-state index in [9.17, 15) is 9.59 Å². The van der Waals surface area contributed by atoms with Gasteiger partial charge in [-0.05, 0) is 18.5 Å². The number of carbonyl (C=O) groups is 2. The Morgan fingerprint density at radius 2 is 2.29 bits per heavy atom. The van der Waals surface area contributed by atoms with E-state index in [-0.39, 0.29) is 10.6 Å². The highest BCUT2D eigenvalue weighted by Crippen LogP contribution is 2.24. The summed E-state index contributed by atoms with van der Waals surface area (Å²) >= 11 is 0.937. The van der Waals surface area contributed by atoms with Crippen LogP contribution in [-0.4, -0.2) is 31.6 Å². The fourth-order valence-corrected chi connectivity index (χ4v) is 2.04. The van der Waals surface area contributed by atoms with Crippen molar-refractivity contribution in [1.82, 2.24) is 14.6 Å². The highest BCUT2D eigenvalue weighted by Gasteiger charge is 2.19. The molecular formula is C9H8N4O3S. The zero-order valence-corrected chi connectivity index (χ0v) is 9.54. The fourth-order valence-electron chi connectivity index (χ4n) is 1.26. The third kappa shape index (κ3) is 2.16. The lowest BCUT2D eigenvalue weighted by molar-refractivity contribution is 0.0697. The number of anilines is 1. The third-order valence-corrected chi connectivity index (χ3v) is 2.92. The number of aromatic carboxylic acids is 1. The lowest BCUT2D eigenvalue weighted by atomic mass is 10.2. The second-order valence-electron chi connectivity index (χ2n) is 3.22. The molecule has 0 aliphatic carbocycles. The van der Waals surface area contributed by atoms with Gasteiger partial charge in [0.2, 0.25) is 0 Å². The first-order valence-corrected chi connectivity index (χ1v) is 5.36. The van der Waals surface area contributed by atoms with Gasteiger partial charge < -0.3 is 10.4 Å². The number of hydrogen-bond donors (Lipinski definition) is 3. The molecular weight excluding hydrogens is 244 g/mol. The van der Waals surface area contributed by atoms with Crippen molar-refractivity contribution in [3.63, 3.8) is 0 Å². The lowest BCUT2D eigenvalue weighted by Crippen LogP contribution is -2.12. The highest BCUT2D eigenvalue weighted by molar-refractivity contribution is 7.11. The highest BCUT2D eigenvalue weighted by atomic mass is 32.1. The Hall–Kier alpha value is -2.22. The van der Waals surface area contributed by atoms with Gasteiger partial charge in [-0.15, -0.1) is 0 Å². The van der Waals surface area contributed by atoms with Gasteiger partial charge in [0, 0.05) is 6.20 Å². The average Bonchev–Trinajstić information content (AvgIpc) is 2.87. The Bertz CT molecular complexity index is 561. The minimum atomic E-state index is -1.11. The summed E-state index contributed by atoms with van der Waals surface area (Å²) in [6, 6.07) is 0. The Labute approximate surface area is 99.6 Å². The van der Waals surface area contributed by atoms with Crippen LogP contribution in [0.2, 0.25) is 0 Å². The third-order valence-electron chi connectivity index (χ3n) is 2.06. The quantitative estimate of drug-likeness (QED) is 0.758. The minimum absolute atomic E-state index is 0.0202. The number of amides is 1. The average molecular weight is 252 g/mol. The van der Waals surface area contributed by atoms with Crippen molar-refractivity contribution in [1.29, 1.82) is 0 Å². The van der Waals surface area contributed by atoms with Crippen LogP contribution in [0.4, 0.5) is 5.00 Å². The lowest BCUT2D eigenvalue weighted by Gasteiger charge is -2.01. The van der Waals surface area contributed by atoms with Crippen molar-refractivity contribution in [3.05, 3.63) is 29.2 Å². The molecule has 0 aromatic carbocycles. The summed E-state index contributed by atoms with van der Waals surface area (Å²) in [4.78, 5) is 22.6. The largest absolute Gasteiger partial charge is 0.478 e. The molecule has 2 aromatic rings. The summed E-state index contributed by atoms with van der Waals surface area (Å²) in [5.74, 6) is -1.54. The first-order chi connectivity index (χ1) is 8.09. The molecule has 0 fully saturated rings. The minimum Gasteiger partial charge on any atom is -0.478 e. The van der Waals surface area contributed by atoms with Crippen molar-refractivity contribution in [2.75, 3.05) is 5.32 Å². The van der Waals surface area contributed by atoms with E-state index in [4.69, 9.17) is 5.11 Å². The van der Waals surface area contributed by atoms with E-state index in [1.54, 1.807) is 6.92 Å². The maximum absolute atomic E-state index is 11.7. The van der Waals surface area contributed by atoms with E-state index in [2.05, 4.69) is 19.9 Å². The summed E-state index contributed by atoms with van der Waals surface area (Å²) < 4.78 is 3.89. The number of hydrogen-bond acceptors (Lipinski definition) is 5. The van der Waals surface area contributed by atoms with Crippen LogP contribution in [0.25, 0.3) is 0 Å². The number of rotatable bonds is 3. The summed E-state index contributed by atoms with van der Waals surface area (Å²) in [5, 5.41) is 17.8. The molecule has 7 nitrogen and oxygen atoms in total. The Kier molecular flexibility index (Phi) is 2.88. The van der Waals surface area contributed by atoms with E-state index in [1.165, 1.54) is 12.4 Å². The predicted octanol–water partition coefficient (Wildman–Crippen LogP) is 1.13. The van der Waals surface area contributed by atoms with Crippen molar-refractivity contribution in [3.8, 4) is 0 Å². The molecule has 0 aliphatic heterocycles. The van der Waals surface area contributed by atoms with Gasteiger partial charge in [-0.25, -0.2) is 4.79 Å². The topological polar surface area (TPSA) is 108 Å². The number of nitrogens with zero attached hydrogens (tertiary/aromatic N) is 2. The smallest absolute Gasteiger partial charge is 0.340 e. The molecule has 88 valence electrons. The zero-order valence-electron chi connectivity index (χ0n) is 8.72. The van der Waals surface area contributed by atoms with Crippen LogP contribution in [0.3, 0.4) is 0 Å². The molecule has 2 rings (SSSR count). The maximum Gasteiger partial charge on any atom is 0.340 e. The standard InChI is InChI=1S/C9H8N4O3S/c1-4-6(9(15)16)8(17-13-4)12-7(14)5-2-10-11-3-5/h2-3H,1H3,(H,10,11)(H,12,14)(H,15,16). The maximum atomic E-state index is 11.7. The van der Waals surface area contributed by atoms with Gasteiger partial charge in [-0.2, -0.15) is 9.47 Å². The molecule has 0 saturated heterocycles. The molecule has 0 unspecified atom stereocenters. The number of nitrogens with one attached hydrogen (secondary N) is 2. The van der Waals surface area contributed by atoms with Gasteiger partial charge >= 0.3 is 5.97 Å². The molecule has 0 aliphatic rings. The normalized spacial score (nSPS) is 10.2. The van der Waals surface area contributed by atoms with E-state index < -0.39 is 11.9 Å². The molecule has 2 heterocycles.